The molecular formula is C18H13N3OS2. The highest BCUT2D eigenvalue weighted by Crippen LogP contribution is 2.30. The van der Waals surface area contributed by atoms with E-state index >= 15 is 0 Å². The molecule has 0 unspecified atom stereocenters. The number of hydrogen-bond donors (Lipinski definition) is 1. The van der Waals surface area contributed by atoms with Crippen molar-refractivity contribution in [3.05, 3.63) is 63.9 Å². The largest absolute Gasteiger partial charge is 0.319 e. The van der Waals surface area contributed by atoms with Crippen LogP contribution in [0.1, 0.15) is 15.4 Å². The molecule has 0 radical (unpaired) electrons. The monoisotopic (exact) mass is 351 g/mol. The second-order valence-corrected chi connectivity index (χ2v) is 7.06. The molecule has 0 aliphatic heterocycles. The van der Waals surface area contributed by atoms with Gasteiger partial charge >= 0.3 is 0 Å². The molecule has 1 N–H and O–H groups in total. The fourth-order valence-electron chi connectivity index (χ4n) is 2.50. The van der Waals surface area contributed by atoms with Gasteiger partial charge in [-0.1, -0.05) is 18.2 Å². The van der Waals surface area contributed by atoms with Crippen molar-refractivity contribution in [2.75, 3.05) is 5.32 Å². The Kier molecular flexibility index (Phi) is 3.84. The van der Waals surface area contributed by atoms with Gasteiger partial charge in [-0.15, -0.1) is 11.3 Å². The topological polar surface area (TPSA) is 54.9 Å². The van der Waals surface area contributed by atoms with E-state index in [0.29, 0.717) is 10.6 Å². The summed E-state index contributed by atoms with van der Waals surface area (Å²) in [5.74, 6) is -0.148. The van der Waals surface area contributed by atoms with E-state index in [2.05, 4.69) is 15.3 Å². The standard InChI is InChI=1S/C18H13N3OS2/c1-11-16(24-18(20-11)13-7-9-23-10-13)17(22)21-14-6-2-4-12-5-3-8-19-15(12)14/h2-10H,1H3,(H,21,22). The number of nitrogens with zero attached hydrogens (tertiary/aromatic N) is 2. The summed E-state index contributed by atoms with van der Waals surface area (Å²) >= 11 is 3.03. The second-order valence-electron chi connectivity index (χ2n) is 5.28. The van der Waals surface area contributed by atoms with Crippen molar-refractivity contribution < 1.29 is 4.79 Å². The summed E-state index contributed by atoms with van der Waals surface area (Å²) in [5.41, 5.74) is 3.29. The van der Waals surface area contributed by atoms with Crippen LogP contribution in [0.5, 0.6) is 0 Å². The number of thiophene rings is 1. The molecule has 0 saturated heterocycles. The van der Waals surface area contributed by atoms with Gasteiger partial charge in [0, 0.05) is 22.5 Å². The van der Waals surface area contributed by atoms with Crippen LogP contribution in [0, 0.1) is 6.92 Å². The second kappa shape index (κ2) is 6.14. The molecule has 1 aromatic carbocycles. The number of carbonyl (C=O) groups is 1. The van der Waals surface area contributed by atoms with Crippen LogP contribution in [0.4, 0.5) is 5.69 Å². The number of amides is 1. The van der Waals surface area contributed by atoms with Crippen LogP contribution in [0.3, 0.4) is 0 Å². The predicted molar refractivity (Wildman–Crippen MR) is 99.9 cm³/mol. The first-order valence-electron chi connectivity index (χ1n) is 7.37. The molecule has 24 heavy (non-hydrogen) atoms. The maximum Gasteiger partial charge on any atom is 0.267 e. The highest BCUT2D eigenvalue weighted by atomic mass is 32.1. The molecule has 6 heteroatoms. The van der Waals surface area contributed by atoms with E-state index in [1.54, 1.807) is 17.5 Å². The molecule has 4 aromatic rings. The molecule has 0 aliphatic carbocycles. The first-order valence-corrected chi connectivity index (χ1v) is 9.13. The summed E-state index contributed by atoms with van der Waals surface area (Å²) in [5, 5.41) is 8.88. The van der Waals surface area contributed by atoms with Gasteiger partial charge in [-0.3, -0.25) is 9.78 Å². The SMILES string of the molecule is Cc1nc(-c2ccsc2)sc1C(=O)Nc1cccc2cccnc12. The van der Waals surface area contributed by atoms with E-state index in [-0.39, 0.29) is 5.91 Å². The molecule has 4 nitrogen and oxygen atoms in total. The van der Waals surface area contributed by atoms with Crippen molar-refractivity contribution in [2.45, 2.75) is 6.92 Å². The maximum atomic E-state index is 12.7. The third-order valence-corrected chi connectivity index (χ3v) is 5.54. The Bertz CT molecular complexity index is 1020. The average Bonchev–Trinajstić information content (AvgIpc) is 3.24. The molecule has 118 valence electrons. The highest BCUT2D eigenvalue weighted by Gasteiger charge is 2.17. The number of aryl methyl sites for hydroxylation is 1. The van der Waals surface area contributed by atoms with Crippen LogP contribution < -0.4 is 5.32 Å². The molecule has 4 rings (SSSR count). The van der Waals surface area contributed by atoms with Gasteiger partial charge in [0.2, 0.25) is 0 Å². The molecular weight excluding hydrogens is 338 g/mol. The number of benzene rings is 1. The van der Waals surface area contributed by atoms with Gasteiger partial charge < -0.3 is 5.32 Å². The third-order valence-electron chi connectivity index (χ3n) is 3.65. The van der Waals surface area contributed by atoms with Gasteiger partial charge in [0.15, 0.2) is 0 Å². The van der Waals surface area contributed by atoms with Crippen LogP contribution >= 0.6 is 22.7 Å². The molecule has 0 spiro atoms. The summed E-state index contributed by atoms with van der Waals surface area (Å²) in [6.45, 7) is 1.86. The van der Waals surface area contributed by atoms with Gasteiger partial charge in [-0.25, -0.2) is 4.98 Å². The van der Waals surface area contributed by atoms with Crippen LogP contribution in [0.25, 0.3) is 21.5 Å². The normalized spacial score (nSPS) is 10.9. The molecule has 3 heterocycles. The lowest BCUT2D eigenvalue weighted by Gasteiger charge is -2.07. The Labute approximate surface area is 146 Å². The number of para-hydroxylation sites is 1. The van der Waals surface area contributed by atoms with E-state index in [1.165, 1.54) is 11.3 Å². The van der Waals surface area contributed by atoms with Crippen LogP contribution in [-0.2, 0) is 0 Å². The Morgan fingerprint density at radius 2 is 2.04 bits per heavy atom. The van der Waals surface area contributed by atoms with Crippen molar-refractivity contribution in [1.82, 2.24) is 9.97 Å². The van der Waals surface area contributed by atoms with E-state index in [9.17, 15) is 4.79 Å². The number of fused-ring (bicyclic) bond motifs is 1. The first-order chi connectivity index (χ1) is 11.7. The van der Waals surface area contributed by atoms with E-state index in [4.69, 9.17) is 0 Å². The van der Waals surface area contributed by atoms with E-state index in [0.717, 1.165) is 27.2 Å². The van der Waals surface area contributed by atoms with Crippen molar-refractivity contribution in [3.63, 3.8) is 0 Å². The number of thiazole rings is 1. The summed E-state index contributed by atoms with van der Waals surface area (Å²) in [7, 11) is 0. The van der Waals surface area contributed by atoms with Crippen LogP contribution in [0.2, 0.25) is 0 Å². The van der Waals surface area contributed by atoms with Crippen LogP contribution in [-0.4, -0.2) is 15.9 Å². The fraction of sp³-hybridized carbons (Fsp3) is 0.0556. The number of hydrogen-bond acceptors (Lipinski definition) is 5. The van der Waals surface area contributed by atoms with Gasteiger partial charge in [0.05, 0.1) is 16.9 Å². The van der Waals surface area contributed by atoms with Gasteiger partial charge in [-0.2, -0.15) is 11.3 Å². The van der Waals surface area contributed by atoms with E-state index in [1.807, 2.05) is 54.1 Å². The Morgan fingerprint density at radius 3 is 2.88 bits per heavy atom. The highest BCUT2D eigenvalue weighted by molar-refractivity contribution is 7.17. The zero-order chi connectivity index (χ0) is 16.5. The molecule has 0 fully saturated rings. The number of nitrogens with one attached hydrogen (secondary N) is 1. The lowest BCUT2D eigenvalue weighted by atomic mass is 10.2. The molecule has 0 bridgehead atoms. The van der Waals surface area contributed by atoms with Crippen LogP contribution in [0.15, 0.2) is 53.4 Å². The minimum Gasteiger partial charge on any atom is -0.319 e. The molecule has 3 aromatic heterocycles. The first kappa shape index (κ1) is 15.0. The summed E-state index contributed by atoms with van der Waals surface area (Å²) in [6.07, 6.45) is 1.73. The predicted octanol–water partition coefficient (Wildman–Crippen LogP) is 4.98. The molecule has 0 saturated carbocycles. The summed E-state index contributed by atoms with van der Waals surface area (Å²) in [6, 6.07) is 11.6. The van der Waals surface area contributed by atoms with Crippen molar-refractivity contribution in [2.24, 2.45) is 0 Å². The average molecular weight is 351 g/mol. The zero-order valence-electron chi connectivity index (χ0n) is 12.8. The number of rotatable bonds is 3. The Balaban J connectivity index is 1.67. The summed E-state index contributed by atoms with van der Waals surface area (Å²) < 4.78 is 0. The number of pyridine rings is 1. The van der Waals surface area contributed by atoms with Crippen molar-refractivity contribution in [3.8, 4) is 10.6 Å². The van der Waals surface area contributed by atoms with Gasteiger partial charge in [0.25, 0.3) is 5.91 Å². The van der Waals surface area contributed by atoms with E-state index < -0.39 is 0 Å². The summed E-state index contributed by atoms with van der Waals surface area (Å²) in [4.78, 5) is 22.2. The maximum absolute atomic E-state index is 12.7. The smallest absolute Gasteiger partial charge is 0.267 e. The van der Waals surface area contributed by atoms with Crippen molar-refractivity contribution >= 4 is 45.2 Å². The molecule has 1 amide bonds. The lowest BCUT2D eigenvalue weighted by molar-refractivity contribution is 0.103. The Hall–Kier alpha value is -2.57. The third kappa shape index (κ3) is 2.70. The molecule has 0 atom stereocenters. The quantitative estimate of drug-likeness (QED) is 0.566. The Morgan fingerprint density at radius 1 is 1.17 bits per heavy atom. The number of carbonyl (C=O) groups excluding carboxylic acids is 1. The number of aromatic nitrogens is 2. The lowest BCUT2D eigenvalue weighted by Crippen LogP contribution is -2.12. The van der Waals surface area contributed by atoms with Crippen molar-refractivity contribution in [1.29, 1.82) is 0 Å². The minimum absolute atomic E-state index is 0.148. The zero-order valence-corrected chi connectivity index (χ0v) is 14.4. The van der Waals surface area contributed by atoms with Gasteiger partial charge in [0.1, 0.15) is 9.88 Å². The van der Waals surface area contributed by atoms with Gasteiger partial charge in [-0.05, 0) is 30.5 Å². The fourth-order valence-corrected chi connectivity index (χ4v) is 4.17. The minimum atomic E-state index is -0.148. The molecule has 0 aliphatic rings. The number of anilines is 1.